The Hall–Kier alpha value is -1.51. The largest absolute Gasteiger partial charge is 0.147 e. The molecule has 0 amide bonds. The summed E-state index contributed by atoms with van der Waals surface area (Å²) in [5, 5.41) is 0. The van der Waals surface area contributed by atoms with Gasteiger partial charge in [-0.05, 0) is 0 Å². The topological polar surface area (TPSA) is 0 Å². The summed E-state index contributed by atoms with van der Waals surface area (Å²) in [6.07, 6.45) is 4.70. The molecule has 2 aliphatic rings. The Kier molecular flexibility index (Phi) is 9.66. The predicted octanol–water partition coefficient (Wildman–Crippen LogP) is 8.73. The zero-order valence-electron chi connectivity index (χ0n) is 23.1. The second kappa shape index (κ2) is 11.8. The zero-order valence-corrected chi connectivity index (χ0v) is 30.2. The van der Waals surface area contributed by atoms with E-state index in [0.717, 1.165) is 22.3 Å². The van der Waals surface area contributed by atoms with E-state index in [1.807, 2.05) is 12.1 Å². The van der Waals surface area contributed by atoms with Crippen LogP contribution in [0.15, 0.2) is 109 Å². The van der Waals surface area contributed by atoms with Crippen molar-refractivity contribution in [2.45, 2.75) is 32.3 Å². The van der Waals surface area contributed by atoms with Crippen molar-refractivity contribution in [3.8, 4) is 0 Å². The van der Waals surface area contributed by atoms with Gasteiger partial charge in [0.05, 0.1) is 0 Å². The summed E-state index contributed by atoms with van der Waals surface area (Å²) < 4.78 is 35.7. The molecule has 0 N–H and O–H groups in total. The van der Waals surface area contributed by atoms with E-state index in [1.54, 1.807) is 30.8 Å². The van der Waals surface area contributed by atoms with Crippen molar-refractivity contribution in [1.82, 2.24) is 0 Å². The van der Waals surface area contributed by atoms with Crippen molar-refractivity contribution in [2.24, 2.45) is 11.8 Å². The molecule has 0 heterocycles. The van der Waals surface area contributed by atoms with E-state index in [1.165, 1.54) is 38.7 Å². The fourth-order valence-corrected chi connectivity index (χ4v) is 42.0. The molecule has 5 rings (SSSR count). The van der Waals surface area contributed by atoms with Gasteiger partial charge in [-0.1, -0.05) is 0 Å². The summed E-state index contributed by atoms with van der Waals surface area (Å²) in [5.74, 6) is 0.142. The molecule has 0 saturated heterocycles. The molecular formula is C33H36Cl2F2GeZr. The first-order valence-electron chi connectivity index (χ1n) is 13.0. The number of hydrogen-bond acceptors (Lipinski definition) is 0. The van der Waals surface area contributed by atoms with Gasteiger partial charge in [0.1, 0.15) is 0 Å². The Morgan fingerprint density at radius 1 is 0.641 bits per heavy atom. The van der Waals surface area contributed by atoms with Crippen molar-refractivity contribution in [3.63, 3.8) is 0 Å². The van der Waals surface area contributed by atoms with E-state index < -0.39 is 15.7 Å². The number of halogens is 4. The van der Waals surface area contributed by atoms with Crippen molar-refractivity contribution >= 4 is 51.4 Å². The molecule has 204 valence electrons. The van der Waals surface area contributed by atoms with Gasteiger partial charge >= 0.3 is 227 Å². The number of hydrogen-bond donors (Lipinski definition) is 0. The first-order chi connectivity index (χ1) is 17.5. The molecule has 2 aliphatic carbocycles. The number of allylic oxidation sites excluding steroid dienone is 8. The standard InChI is InChI=1S/2C13H12F.C6H5.CH3.2ClH.GeH2.Zr/c2*1-9-6-10(2)13(7-9)11-4-3-5-12(14)8-11;1-2-4-6-5-3-1;;;;;/h2*3-5,7-9H,1-2H3;1-5H;1H3;2*1H;1H2;. The first-order valence-corrected chi connectivity index (χ1v) is 29.7. The van der Waals surface area contributed by atoms with E-state index in [0.29, 0.717) is 0 Å². The third-order valence-corrected chi connectivity index (χ3v) is 39.1. The van der Waals surface area contributed by atoms with E-state index in [4.69, 9.17) is 0 Å². The fourth-order valence-electron chi connectivity index (χ4n) is 7.42. The summed E-state index contributed by atoms with van der Waals surface area (Å²) >= 11 is -2.87. The minimum Gasteiger partial charge on any atom is -0.147 e. The van der Waals surface area contributed by atoms with Gasteiger partial charge in [-0.25, -0.2) is 0 Å². The molecule has 0 fully saturated rings. The van der Waals surface area contributed by atoms with Crippen molar-refractivity contribution in [2.75, 3.05) is 0 Å². The molecule has 0 saturated carbocycles. The quantitative estimate of drug-likeness (QED) is 0.233. The van der Waals surface area contributed by atoms with Crippen molar-refractivity contribution < 1.29 is 24.4 Å². The van der Waals surface area contributed by atoms with Crippen LogP contribution in [0.3, 0.4) is 0 Å². The Morgan fingerprint density at radius 2 is 1.05 bits per heavy atom. The molecule has 0 spiro atoms. The van der Waals surface area contributed by atoms with Crippen molar-refractivity contribution in [1.29, 1.82) is 0 Å². The number of benzene rings is 3. The van der Waals surface area contributed by atoms with Gasteiger partial charge in [-0.15, -0.1) is 24.8 Å². The monoisotopic (exact) mass is 704 g/mol. The molecule has 3 aromatic rings. The second-order valence-corrected chi connectivity index (χ2v) is 47.1. The van der Waals surface area contributed by atoms with Crippen LogP contribution < -0.4 is 3.27 Å². The Bertz CT molecular complexity index is 1520. The van der Waals surface area contributed by atoms with Crippen LogP contribution in [0, 0.1) is 23.5 Å². The Labute approximate surface area is 249 Å². The third kappa shape index (κ3) is 5.30. The van der Waals surface area contributed by atoms with Crippen LogP contribution >= 0.6 is 24.8 Å². The van der Waals surface area contributed by atoms with E-state index in [2.05, 4.69) is 74.8 Å². The summed E-state index contributed by atoms with van der Waals surface area (Å²) in [4.78, 5) is 0. The molecule has 0 aromatic heterocycles. The first kappa shape index (κ1) is 32.0. The molecule has 0 aliphatic heterocycles. The summed E-state index contributed by atoms with van der Waals surface area (Å²) in [6.45, 7) is 9.14. The molecule has 2 unspecified atom stereocenters. The normalized spacial score (nSPS) is 19.4. The average Bonchev–Trinajstić information content (AvgIpc) is 3.35. The van der Waals surface area contributed by atoms with E-state index >= 15 is 0 Å². The fraction of sp³-hybridized carbons (Fsp3) is 0.212. The van der Waals surface area contributed by atoms with Crippen LogP contribution in [0.2, 0.25) is 4.63 Å². The minimum absolute atomic E-state index is 0. The van der Waals surface area contributed by atoms with Gasteiger partial charge < -0.3 is 0 Å². The maximum atomic E-state index is 14.2. The van der Waals surface area contributed by atoms with Gasteiger partial charge in [-0.2, -0.15) is 0 Å². The second-order valence-electron chi connectivity index (χ2n) is 11.2. The summed E-state index contributed by atoms with van der Waals surface area (Å²) in [7, 11) is 0. The minimum atomic E-state index is -4.06. The average molecular weight is 705 g/mol. The molecular weight excluding hydrogens is 669 g/mol. The smallest absolute Gasteiger partial charge is 0.147 e. The van der Waals surface area contributed by atoms with Crippen LogP contribution in [0.5, 0.6) is 0 Å². The maximum absolute atomic E-state index is 14.2. The third-order valence-electron chi connectivity index (χ3n) is 8.64. The van der Waals surface area contributed by atoms with Gasteiger partial charge in [0, 0.05) is 0 Å². The van der Waals surface area contributed by atoms with E-state index in [-0.39, 0.29) is 48.3 Å². The van der Waals surface area contributed by atoms with Gasteiger partial charge in [0.25, 0.3) is 0 Å². The predicted molar refractivity (Wildman–Crippen MR) is 167 cm³/mol. The summed E-state index contributed by atoms with van der Waals surface area (Å²) in [5.41, 5.74) is 6.86. The molecule has 0 bridgehead atoms. The molecule has 3 aromatic carbocycles. The molecule has 0 nitrogen and oxygen atoms in total. The van der Waals surface area contributed by atoms with Crippen LogP contribution in [-0.2, 0) is 15.7 Å². The zero-order chi connectivity index (χ0) is 26.6. The van der Waals surface area contributed by atoms with Crippen LogP contribution in [0.1, 0.15) is 38.8 Å². The SMILES string of the molecule is CC1=[C]([Zr]([CH3])(=[GeH2])([C]2=C(C)C(c3cccc(F)c3)=CC2C)[c]2ccccc2)C(C)C=C1c1cccc(F)c1.Cl.Cl. The molecule has 39 heavy (non-hydrogen) atoms. The van der Waals surface area contributed by atoms with Gasteiger partial charge in [0.2, 0.25) is 0 Å². The Morgan fingerprint density at radius 3 is 1.44 bits per heavy atom. The maximum Gasteiger partial charge on any atom is -0.147 e. The van der Waals surface area contributed by atoms with Gasteiger partial charge in [0.15, 0.2) is 0 Å². The van der Waals surface area contributed by atoms with Crippen molar-refractivity contribution in [3.05, 3.63) is 131 Å². The van der Waals surface area contributed by atoms with Crippen LogP contribution in [0.25, 0.3) is 11.1 Å². The van der Waals surface area contributed by atoms with E-state index in [9.17, 15) is 8.78 Å². The molecule has 6 heteroatoms. The molecule has 0 radical (unpaired) electrons. The summed E-state index contributed by atoms with van der Waals surface area (Å²) in [6, 6.07) is 25.1. The van der Waals surface area contributed by atoms with Crippen LogP contribution in [0.4, 0.5) is 8.78 Å². The van der Waals surface area contributed by atoms with Gasteiger partial charge in [-0.3, -0.25) is 0 Å². The Balaban J connectivity index is 0.00000210. The van der Waals surface area contributed by atoms with Crippen LogP contribution in [-0.4, -0.2) is 12.1 Å². The molecule has 2 atom stereocenters. The number of rotatable bonds is 5.